The summed E-state index contributed by atoms with van der Waals surface area (Å²) < 4.78 is 21.9. The van der Waals surface area contributed by atoms with E-state index in [9.17, 15) is 14.4 Å². The summed E-state index contributed by atoms with van der Waals surface area (Å²) in [6, 6.07) is 7.04. The first-order chi connectivity index (χ1) is 13.2. The topological polar surface area (TPSA) is 88.1 Å². The summed E-state index contributed by atoms with van der Waals surface area (Å²) in [5.74, 6) is -2.76. The van der Waals surface area contributed by atoms with Crippen LogP contribution in [-0.4, -0.2) is 43.8 Å². The highest BCUT2D eigenvalue weighted by Crippen LogP contribution is 2.56. The molecular weight excluding hydrogens is 364 g/mol. The third-order valence-corrected chi connectivity index (χ3v) is 6.01. The number of hydrogen-bond acceptors (Lipinski definition) is 7. The van der Waals surface area contributed by atoms with Crippen molar-refractivity contribution in [2.24, 2.45) is 5.92 Å². The molecule has 0 bridgehead atoms. The second-order valence-electron chi connectivity index (χ2n) is 7.14. The number of benzene rings is 1. The van der Waals surface area contributed by atoms with Gasteiger partial charge in [0.05, 0.1) is 13.7 Å². The SMILES string of the molecule is CCOC(=O)[C@@H]1C(=O)OC[C@@]1(c1ccccc1OC)C1(C)OC(=O)C(C)=C1C. The molecule has 0 amide bonds. The molecular formula is C21H24O7. The van der Waals surface area contributed by atoms with Gasteiger partial charge in [0.15, 0.2) is 5.92 Å². The lowest BCUT2D eigenvalue weighted by molar-refractivity contribution is -0.165. The standard InChI is InChI=1S/C21H24O7/c1-6-26-18(23)16-19(24)27-11-21(16,14-9-7-8-10-15(14)25-5)20(4)13(3)12(2)17(22)28-20/h7-10,16H,6,11H2,1-5H3/t16-,20?,21+/m1/s1. The van der Waals surface area contributed by atoms with Crippen LogP contribution < -0.4 is 4.74 Å². The number of carbonyl (C=O) groups is 3. The maximum Gasteiger partial charge on any atom is 0.334 e. The number of para-hydroxylation sites is 1. The fraction of sp³-hybridized carbons (Fsp3) is 0.476. The van der Waals surface area contributed by atoms with Gasteiger partial charge in [0.25, 0.3) is 0 Å². The van der Waals surface area contributed by atoms with Crippen LogP contribution in [-0.2, 0) is 34.0 Å². The van der Waals surface area contributed by atoms with E-state index in [0.717, 1.165) is 0 Å². The molecule has 1 aromatic rings. The number of carbonyl (C=O) groups excluding carboxylic acids is 3. The van der Waals surface area contributed by atoms with Crippen LogP contribution in [0.1, 0.15) is 33.3 Å². The van der Waals surface area contributed by atoms with Gasteiger partial charge in [0, 0.05) is 11.1 Å². The first kappa shape index (κ1) is 19.9. The first-order valence-electron chi connectivity index (χ1n) is 9.12. The largest absolute Gasteiger partial charge is 0.496 e. The summed E-state index contributed by atoms with van der Waals surface area (Å²) in [5, 5.41) is 0. The van der Waals surface area contributed by atoms with E-state index in [0.29, 0.717) is 22.5 Å². The molecule has 3 rings (SSSR count). The monoisotopic (exact) mass is 388 g/mol. The van der Waals surface area contributed by atoms with Crippen LogP contribution in [0.25, 0.3) is 0 Å². The predicted molar refractivity (Wildman–Crippen MR) is 98.6 cm³/mol. The van der Waals surface area contributed by atoms with Crippen molar-refractivity contribution in [2.75, 3.05) is 20.3 Å². The molecule has 0 N–H and O–H groups in total. The molecule has 2 aliphatic heterocycles. The molecule has 0 radical (unpaired) electrons. The Balaban J connectivity index is 2.34. The second-order valence-corrected chi connectivity index (χ2v) is 7.14. The Labute approximate surface area is 163 Å². The number of cyclic esters (lactones) is 2. The zero-order chi connectivity index (χ0) is 20.7. The Bertz CT molecular complexity index is 871. The van der Waals surface area contributed by atoms with Crippen molar-refractivity contribution in [2.45, 2.75) is 38.7 Å². The van der Waals surface area contributed by atoms with Gasteiger partial charge in [-0.3, -0.25) is 9.59 Å². The summed E-state index contributed by atoms with van der Waals surface area (Å²) in [4.78, 5) is 38.0. The van der Waals surface area contributed by atoms with Gasteiger partial charge >= 0.3 is 17.9 Å². The van der Waals surface area contributed by atoms with Gasteiger partial charge in [-0.25, -0.2) is 4.79 Å². The summed E-state index contributed by atoms with van der Waals surface area (Å²) in [7, 11) is 1.50. The third kappa shape index (κ3) is 2.52. The lowest BCUT2D eigenvalue weighted by atomic mass is 9.59. The minimum atomic E-state index is -1.33. The van der Waals surface area contributed by atoms with Gasteiger partial charge in [-0.15, -0.1) is 0 Å². The van der Waals surface area contributed by atoms with Crippen LogP contribution in [0.3, 0.4) is 0 Å². The minimum Gasteiger partial charge on any atom is -0.496 e. The molecule has 0 aliphatic carbocycles. The molecule has 7 nitrogen and oxygen atoms in total. The van der Waals surface area contributed by atoms with Gasteiger partial charge in [-0.1, -0.05) is 18.2 Å². The fourth-order valence-electron chi connectivity index (χ4n) is 4.27. The second kappa shape index (κ2) is 6.96. The molecule has 1 saturated heterocycles. The fourth-order valence-corrected chi connectivity index (χ4v) is 4.27. The van der Waals surface area contributed by atoms with Crippen molar-refractivity contribution in [1.82, 2.24) is 0 Å². The van der Waals surface area contributed by atoms with E-state index in [-0.39, 0.29) is 13.2 Å². The quantitative estimate of drug-likeness (QED) is 0.434. The summed E-state index contributed by atoms with van der Waals surface area (Å²) in [5.41, 5.74) is -1.01. The van der Waals surface area contributed by atoms with Crippen LogP contribution in [0.2, 0.25) is 0 Å². The van der Waals surface area contributed by atoms with Gasteiger partial charge in [-0.2, -0.15) is 0 Å². The molecule has 2 heterocycles. The number of methoxy groups -OCH3 is 1. The highest BCUT2D eigenvalue weighted by molar-refractivity contribution is 6.00. The van der Waals surface area contributed by atoms with E-state index in [1.165, 1.54) is 7.11 Å². The first-order valence-corrected chi connectivity index (χ1v) is 9.12. The molecule has 0 saturated carbocycles. The van der Waals surface area contributed by atoms with Crippen molar-refractivity contribution in [1.29, 1.82) is 0 Å². The van der Waals surface area contributed by atoms with Gasteiger partial charge in [0.1, 0.15) is 23.4 Å². The zero-order valence-corrected chi connectivity index (χ0v) is 16.7. The Hall–Kier alpha value is -2.83. The predicted octanol–water partition coefficient (Wildman–Crippen LogP) is 2.32. The van der Waals surface area contributed by atoms with E-state index in [1.54, 1.807) is 52.0 Å². The Morgan fingerprint density at radius 2 is 1.93 bits per heavy atom. The molecule has 1 fully saturated rings. The summed E-state index contributed by atoms with van der Waals surface area (Å²) in [6.07, 6.45) is 0. The third-order valence-electron chi connectivity index (χ3n) is 6.01. The highest BCUT2D eigenvalue weighted by atomic mass is 16.6. The van der Waals surface area contributed by atoms with E-state index in [4.69, 9.17) is 18.9 Å². The maximum absolute atomic E-state index is 12.9. The minimum absolute atomic E-state index is 0.106. The number of ether oxygens (including phenoxy) is 4. The number of rotatable bonds is 5. The molecule has 2 aliphatic rings. The molecule has 0 spiro atoms. The zero-order valence-electron chi connectivity index (χ0n) is 16.7. The smallest absolute Gasteiger partial charge is 0.334 e. The molecule has 150 valence electrons. The maximum atomic E-state index is 12.9. The highest BCUT2D eigenvalue weighted by Gasteiger charge is 2.69. The molecule has 1 unspecified atom stereocenters. The summed E-state index contributed by atoms with van der Waals surface area (Å²) >= 11 is 0. The van der Waals surface area contributed by atoms with Crippen LogP contribution in [0.15, 0.2) is 35.4 Å². The van der Waals surface area contributed by atoms with Gasteiger partial charge in [0.2, 0.25) is 0 Å². The molecule has 28 heavy (non-hydrogen) atoms. The van der Waals surface area contributed by atoms with Crippen molar-refractivity contribution >= 4 is 17.9 Å². The van der Waals surface area contributed by atoms with Crippen molar-refractivity contribution < 1.29 is 33.3 Å². The van der Waals surface area contributed by atoms with E-state index >= 15 is 0 Å². The van der Waals surface area contributed by atoms with Crippen molar-refractivity contribution in [3.8, 4) is 5.75 Å². The Morgan fingerprint density at radius 1 is 1.25 bits per heavy atom. The summed E-state index contributed by atoms with van der Waals surface area (Å²) in [6.45, 7) is 6.75. The normalized spacial score (nSPS) is 29.5. The molecule has 3 atom stereocenters. The Kier molecular flexibility index (Phi) is 4.95. The van der Waals surface area contributed by atoms with Gasteiger partial charge < -0.3 is 18.9 Å². The van der Waals surface area contributed by atoms with Crippen molar-refractivity contribution in [3.63, 3.8) is 0 Å². The van der Waals surface area contributed by atoms with Gasteiger partial charge in [-0.05, 0) is 39.3 Å². The average molecular weight is 388 g/mol. The van der Waals surface area contributed by atoms with E-state index in [2.05, 4.69) is 0 Å². The lowest BCUT2D eigenvalue weighted by Gasteiger charge is -2.44. The number of esters is 3. The molecule has 7 heteroatoms. The van der Waals surface area contributed by atoms with E-state index in [1.807, 2.05) is 0 Å². The van der Waals surface area contributed by atoms with Crippen LogP contribution >= 0.6 is 0 Å². The Morgan fingerprint density at radius 3 is 2.50 bits per heavy atom. The molecule has 1 aromatic carbocycles. The lowest BCUT2D eigenvalue weighted by Crippen LogP contribution is -2.58. The van der Waals surface area contributed by atoms with Crippen molar-refractivity contribution in [3.05, 3.63) is 41.0 Å². The number of hydrogen-bond donors (Lipinski definition) is 0. The average Bonchev–Trinajstić information content (AvgIpc) is 3.13. The van der Waals surface area contributed by atoms with Crippen LogP contribution in [0.4, 0.5) is 0 Å². The van der Waals surface area contributed by atoms with Crippen LogP contribution in [0.5, 0.6) is 5.75 Å². The van der Waals surface area contributed by atoms with E-state index < -0.39 is 34.8 Å². The molecule has 0 aromatic heterocycles. The van der Waals surface area contributed by atoms with Crippen LogP contribution in [0, 0.1) is 5.92 Å².